The maximum absolute atomic E-state index is 12.1. The van der Waals surface area contributed by atoms with Crippen molar-refractivity contribution < 1.29 is 19.5 Å². The molecule has 0 aliphatic heterocycles. The van der Waals surface area contributed by atoms with E-state index in [1.807, 2.05) is 0 Å². The van der Waals surface area contributed by atoms with Crippen LogP contribution < -0.4 is 5.32 Å². The highest BCUT2D eigenvalue weighted by molar-refractivity contribution is 5.95. The highest BCUT2D eigenvalue weighted by Crippen LogP contribution is 2.06. The second kappa shape index (κ2) is 6.58. The summed E-state index contributed by atoms with van der Waals surface area (Å²) in [6, 6.07) is 3.12. The summed E-state index contributed by atoms with van der Waals surface area (Å²) < 4.78 is 1.33. The van der Waals surface area contributed by atoms with Crippen molar-refractivity contribution in [1.29, 1.82) is 0 Å². The Bertz CT molecular complexity index is 481. The number of amides is 2. The predicted octanol–water partition coefficient (Wildman–Crippen LogP) is -0.219. The van der Waals surface area contributed by atoms with Gasteiger partial charge in [0.15, 0.2) is 0 Å². The highest BCUT2D eigenvalue weighted by atomic mass is 16.4. The monoisotopic (exact) mass is 267 g/mol. The van der Waals surface area contributed by atoms with Crippen LogP contribution in [-0.2, 0) is 16.1 Å². The third-order valence-electron chi connectivity index (χ3n) is 2.46. The Morgan fingerprint density at radius 2 is 2.11 bits per heavy atom. The Balaban J connectivity index is 2.74. The van der Waals surface area contributed by atoms with E-state index in [0.29, 0.717) is 6.54 Å². The van der Waals surface area contributed by atoms with Crippen molar-refractivity contribution in [3.63, 3.8) is 0 Å². The second-order valence-electron chi connectivity index (χ2n) is 4.03. The number of carboxylic acid groups (broad SMARTS) is 1. The predicted molar refractivity (Wildman–Crippen MR) is 67.7 cm³/mol. The molecule has 104 valence electrons. The minimum atomic E-state index is -1.03. The third-order valence-corrected chi connectivity index (χ3v) is 2.46. The van der Waals surface area contributed by atoms with Crippen LogP contribution in [0.4, 0.5) is 0 Å². The van der Waals surface area contributed by atoms with Crippen LogP contribution in [0.3, 0.4) is 0 Å². The van der Waals surface area contributed by atoms with Crippen LogP contribution >= 0.6 is 0 Å². The summed E-state index contributed by atoms with van der Waals surface area (Å²) in [7, 11) is 1.50. The molecule has 0 radical (unpaired) electrons. The van der Waals surface area contributed by atoms with E-state index in [9.17, 15) is 14.4 Å². The molecule has 1 rings (SSSR count). The Hall–Kier alpha value is -2.31. The van der Waals surface area contributed by atoms with Gasteiger partial charge in [-0.1, -0.05) is 0 Å². The lowest BCUT2D eigenvalue weighted by Gasteiger charge is -2.17. The molecule has 0 saturated carbocycles. The van der Waals surface area contributed by atoms with Gasteiger partial charge in [0.1, 0.15) is 12.2 Å². The molecule has 0 unspecified atom stereocenters. The van der Waals surface area contributed by atoms with Gasteiger partial charge in [-0.2, -0.15) is 0 Å². The summed E-state index contributed by atoms with van der Waals surface area (Å²) in [4.78, 5) is 35.4. The summed E-state index contributed by atoms with van der Waals surface area (Å²) in [6.07, 6.45) is 1.52. The SMILES string of the molecule is CCNC(=O)CN(C)C(=O)c1cccn1CC(=O)O. The molecule has 0 aliphatic rings. The van der Waals surface area contributed by atoms with Crippen molar-refractivity contribution in [3.05, 3.63) is 24.0 Å². The molecule has 0 aliphatic carbocycles. The minimum absolute atomic E-state index is 0.0646. The first kappa shape index (κ1) is 14.7. The number of rotatable bonds is 6. The van der Waals surface area contributed by atoms with Crippen LogP contribution in [0, 0.1) is 0 Å². The van der Waals surface area contributed by atoms with E-state index in [4.69, 9.17) is 5.11 Å². The van der Waals surface area contributed by atoms with Crippen molar-refractivity contribution in [2.24, 2.45) is 0 Å². The van der Waals surface area contributed by atoms with Crippen molar-refractivity contribution in [2.75, 3.05) is 20.1 Å². The Kier molecular flexibility index (Phi) is 5.11. The van der Waals surface area contributed by atoms with Crippen molar-refractivity contribution in [1.82, 2.24) is 14.8 Å². The number of nitrogens with one attached hydrogen (secondary N) is 1. The summed E-state index contributed by atoms with van der Waals surface area (Å²) in [6.45, 7) is 1.93. The molecule has 2 N–H and O–H groups in total. The molecular weight excluding hydrogens is 250 g/mol. The van der Waals surface area contributed by atoms with E-state index in [2.05, 4.69) is 5.32 Å². The molecule has 1 heterocycles. The molecule has 19 heavy (non-hydrogen) atoms. The number of carboxylic acids is 1. The number of nitrogens with zero attached hydrogens (tertiary/aromatic N) is 2. The number of carbonyl (C=O) groups excluding carboxylic acids is 2. The largest absolute Gasteiger partial charge is 0.480 e. The third kappa shape index (κ3) is 4.13. The molecule has 0 saturated heterocycles. The van der Waals surface area contributed by atoms with Crippen LogP contribution in [0.2, 0.25) is 0 Å². The minimum Gasteiger partial charge on any atom is -0.480 e. The van der Waals surface area contributed by atoms with Gasteiger partial charge in [-0.15, -0.1) is 0 Å². The summed E-state index contributed by atoms with van der Waals surface area (Å²) in [5.74, 6) is -1.68. The Morgan fingerprint density at radius 3 is 2.68 bits per heavy atom. The zero-order valence-corrected chi connectivity index (χ0v) is 10.9. The van der Waals surface area contributed by atoms with E-state index in [1.54, 1.807) is 13.0 Å². The fourth-order valence-electron chi connectivity index (χ4n) is 1.63. The molecular formula is C12H17N3O4. The zero-order valence-electron chi connectivity index (χ0n) is 10.9. The molecule has 7 heteroatoms. The summed E-state index contributed by atoms with van der Waals surface area (Å²) in [5.41, 5.74) is 0.245. The first-order chi connectivity index (χ1) is 8.95. The fourth-order valence-corrected chi connectivity index (χ4v) is 1.63. The number of hydrogen-bond donors (Lipinski definition) is 2. The normalized spacial score (nSPS) is 10.0. The quantitative estimate of drug-likeness (QED) is 0.745. The van der Waals surface area contributed by atoms with Gasteiger partial charge in [-0.3, -0.25) is 14.4 Å². The van der Waals surface area contributed by atoms with Crippen LogP contribution in [0.15, 0.2) is 18.3 Å². The van der Waals surface area contributed by atoms with Gasteiger partial charge in [0.2, 0.25) is 5.91 Å². The van der Waals surface area contributed by atoms with Crippen LogP contribution in [0.25, 0.3) is 0 Å². The van der Waals surface area contributed by atoms with Gasteiger partial charge in [0.25, 0.3) is 5.91 Å². The van der Waals surface area contributed by atoms with Crippen LogP contribution in [0.1, 0.15) is 17.4 Å². The van der Waals surface area contributed by atoms with Crippen molar-refractivity contribution >= 4 is 17.8 Å². The molecule has 0 bridgehead atoms. The lowest BCUT2D eigenvalue weighted by atomic mass is 10.3. The van der Waals surface area contributed by atoms with Gasteiger partial charge >= 0.3 is 5.97 Å². The van der Waals surface area contributed by atoms with E-state index in [-0.39, 0.29) is 24.7 Å². The standard InChI is InChI=1S/C12H17N3O4/c1-3-13-10(16)7-14(2)12(19)9-5-4-6-15(9)8-11(17)18/h4-6H,3,7-8H2,1-2H3,(H,13,16)(H,17,18). The molecule has 0 fully saturated rings. The van der Waals surface area contributed by atoms with E-state index >= 15 is 0 Å². The zero-order chi connectivity index (χ0) is 14.4. The van der Waals surface area contributed by atoms with Crippen LogP contribution in [0.5, 0.6) is 0 Å². The molecule has 2 amide bonds. The smallest absolute Gasteiger partial charge is 0.323 e. The molecule has 7 nitrogen and oxygen atoms in total. The first-order valence-corrected chi connectivity index (χ1v) is 5.84. The van der Waals surface area contributed by atoms with E-state index in [1.165, 1.54) is 28.8 Å². The molecule has 0 spiro atoms. The number of aliphatic carboxylic acids is 1. The molecule has 1 aromatic heterocycles. The summed E-state index contributed by atoms with van der Waals surface area (Å²) in [5, 5.41) is 11.3. The molecule has 0 aromatic carbocycles. The lowest BCUT2D eigenvalue weighted by molar-refractivity contribution is -0.137. The highest BCUT2D eigenvalue weighted by Gasteiger charge is 2.18. The lowest BCUT2D eigenvalue weighted by Crippen LogP contribution is -2.39. The number of carbonyl (C=O) groups is 3. The average molecular weight is 267 g/mol. The maximum Gasteiger partial charge on any atom is 0.323 e. The molecule has 1 aromatic rings. The number of likely N-dealkylation sites (N-methyl/N-ethyl adjacent to an activating group) is 2. The summed E-state index contributed by atoms with van der Waals surface area (Å²) >= 11 is 0. The number of aromatic nitrogens is 1. The Morgan fingerprint density at radius 1 is 1.42 bits per heavy atom. The second-order valence-corrected chi connectivity index (χ2v) is 4.03. The number of hydrogen-bond acceptors (Lipinski definition) is 3. The van der Waals surface area contributed by atoms with Crippen LogP contribution in [-0.4, -0.2) is 52.5 Å². The van der Waals surface area contributed by atoms with E-state index < -0.39 is 11.9 Å². The van der Waals surface area contributed by atoms with E-state index in [0.717, 1.165) is 0 Å². The first-order valence-electron chi connectivity index (χ1n) is 5.84. The van der Waals surface area contributed by atoms with Gasteiger partial charge in [-0.05, 0) is 19.1 Å². The van der Waals surface area contributed by atoms with Gasteiger partial charge in [0, 0.05) is 19.8 Å². The average Bonchev–Trinajstić information content (AvgIpc) is 2.75. The van der Waals surface area contributed by atoms with Gasteiger partial charge in [0.05, 0.1) is 6.54 Å². The van der Waals surface area contributed by atoms with Gasteiger partial charge in [-0.25, -0.2) is 0 Å². The maximum atomic E-state index is 12.1. The Labute approximate surface area is 110 Å². The van der Waals surface area contributed by atoms with Crippen molar-refractivity contribution in [2.45, 2.75) is 13.5 Å². The van der Waals surface area contributed by atoms with Gasteiger partial charge < -0.3 is 19.9 Å². The topological polar surface area (TPSA) is 91.6 Å². The van der Waals surface area contributed by atoms with Crippen molar-refractivity contribution in [3.8, 4) is 0 Å². The fraction of sp³-hybridized carbons (Fsp3) is 0.417. The molecule has 0 atom stereocenters.